The van der Waals surface area contributed by atoms with Gasteiger partial charge in [0.25, 0.3) is 0 Å². The number of carboxylic acids is 1. The number of nitrogens with zero attached hydrogens (tertiary/aromatic N) is 3. The van der Waals surface area contributed by atoms with Crippen molar-refractivity contribution in [2.75, 3.05) is 0 Å². The first-order valence-electron chi connectivity index (χ1n) is 5.65. The molecule has 2 aromatic rings. The van der Waals surface area contributed by atoms with E-state index in [0.717, 1.165) is 6.07 Å². The topological polar surface area (TPSA) is 137 Å². The van der Waals surface area contributed by atoms with Crippen molar-refractivity contribution >= 4 is 16.0 Å². The molecule has 0 fully saturated rings. The Hall–Kier alpha value is -2.46. The average Bonchev–Trinajstić information content (AvgIpc) is 2.80. The third-order valence-corrected chi connectivity index (χ3v) is 3.58. The van der Waals surface area contributed by atoms with Crippen LogP contribution in [0.25, 0.3) is 0 Å². The second-order valence-electron chi connectivity index (χ2n) is 4.10. The van der Waals surface area contributed by atoms with Gasteiger partial charge < -0.3 is 9.84 Å². The quantitative estimate of drug-likeness (QED) is 0.775. The number of carboxylic acid groups (broad SMARTS) is 1. The summed E-state index contributed by atoms with van der Waals surface area (Å²) in [5.41, 5.74) is -0.302. The second kappa shape index (κ2) is 5.50. The van der Waals surface area contributed by atoms with E-state index in [-0.39, 0.29) is 22.8 Å². The summed E-state index contributed by atoms with van der Waals surface area (Å²) in [5.74, 6) is -0.826. The van der Waals surface area contributed by atoms with Gasteiger partial charge in [0.05, 0.1) is 4.90 Å². The zero-order valence-electron chi connectivity index (χ0n) is 10.9. The van der Waals surface area contributed by atoms with Gasteiger partial charge in [-0.15, -0.1) is 0 Å². The Labute approximate surface area is 120 Å². The molecule has 0 saturated carbocycles. The summed E-state index contributed by atoms with van der Waals surface area (Å²) in [4.78, 5) is 14.8. The number of rotatable bonds is 5. The molecule has 0 radical (unpaired) electrons. The molecule has 0 spiro atoms. The van der Waals surface area contributed by atoms with E-state index in [2.05, 4.69) is 10.1 Å². The number of carbonyl (C=O) groups is 1. The van der Waals surface area contributed by atoms with Crippen molar-refractivity contribution < 1.29 is 23.1 Å². The van der Waals surface area contributed by atoms with Crippen LogP contribution >= 0.6 is 0 Å². The van der Waals surface area contributed by atoms with Crippen LogP contribution in [-0.4, -0.2) is 34.3 Å². The molecule has 21 heavy (non-hydrogen) atoms. The van der Waals surface area contributed by atoms with E-state index in [1.807, 2.05) is 0 Å². The predicted octanol–water partition coefficient (Wildman–Crippen LogP) is -0.260. The fourth-order valence-electron chi connectivity index (χ4n) is 1.57. The number of hydrogen-bond acceptors (Lipinski definition) is 6. The van der Waals surface area contributed by atoms with E-state index in [4.69, 9.17) is 15.0 Å². The summed E-state index contributed by atoms with van der Waals surface area (Å²) in [6, 6.07) is 3.36. The largest absolute Gasteiger partial charge is 0.485 e. The SMILES string of the molecule is Cn1ncnc1COc1ccc(S(N)(=O)=O)cc1C(=O)O. The zero-order chi connectivity index (χ0) is 15.6. The van der Waals surface area contributed by atoms with Crippen LogP contribution in [0.3, 0.4) is 0 Å². The van der Waals surface area contributed by atoms with Crippen molar-refractivity contribution in [3.63, 3.8) is 0 Å². The number of benzene rings is 1. The number of nitrogens with two attached hydrogens (primary N) is 1. The van der Waals surface area contributed by atoms with Crippen LogP contribution in [0.2, 0.25) is 0 Å². The van der Waals surface area contributed by atoms with Crippen LogP contribution in [0.4, 0.5) is 0 Å². The maximum absolute atomic E-state index is 11.2. The van der Waals surface area contributed by atoms with Crippen LogP contribution in [0.5, 0.6) is 5.75 Å². The van der Waals surface area contributed by atoms with Gasteiger partial charge in [0.15, 0.2) is 5.82 Å². The molecule has 2 rings (SSSR count). The van der Waals surface area contributed by atoms with Gasteiger partial charge >= 0.3 is 5.97 Å². The number of aryl methyl sites for hydroxylation is 1. The van der Waals surface area contributed by atoms with Gasteiger partial charge in [-0.1, -0.05) is 0 Å². The van der Waals surface area contributed by atoms with E-state index in [1.165, 1.54) is 23.1 Å². The van der Waals surface area contributed by atoms with E-state index in [1.54, 1.807) is 7.05 Å². The minimum absolute atomic E-state index is 0.00843. The Morgan fingerprint density at radius 2 is 2.19 bits per heavy atom. The van der Waals surface area contributed by atoms with Crippen LogP contribution in [0.15, 0.2) is 29.4 Å². The molecule has 10 heteroatoms. The molecule has 112 valence electrons. The summed E-state index contributed by atoms with van der Waals surface area (Å²) < 4.78 is 29.3. The number of ether oxygens (including phenoxy) is 1. The molecule has 1 heterocycles. The van der Waals surface area contributed by atoms with Crippen molar-refractivity contribution in [1.29, 1.82) is 0 Å². The molecule has 9 nitrogen and oxygen atoms in total. The second-order valence-corrected chi connectivity index (χ2v) is 5.66. The number of primary sulfonamides is 1. The number of sulfonamides is 1. The summed E-state index contributed by atoms with van der Waals surface area (Å²) >= 11 is 0. The Bertz CT molecular complexity index is 784. The van der Waals surface area contributed by atoms with E-state index in [9.17, 15) is 13.2 Å². The third kappa shape index (κ3) is 3.35. The predicted molar refractivity (Wildman–Crippen MR) is 70.1 cm³/mol. The third-order valence-electron chi connectivity index (χ3n) is 2.67. The van der Waals surface area contributed by atoms with Crippen molar-refractivity contribution in [3.05, 3.63) is 35.9 Å². The van der Waals surface area contributed by atoms with E-state index in [0.29, 0.717) is 5.82 Å². The highest BCUT2D eigenvalue weighted by Gasteiger charge is 2.17. The fraction of sp³-hybridized carbons (Fsp3) is 0.182. The van der Waals surface area contributed by atoms with Crippen molar-refractivity contribution in [3.8, 4) is 5.75 Å². The highest BCUT2D eigenvalue weighted by atomic mass is 32.2. The Balaban J connectivity index is 2.31. The lowest BCUT2D eigenvalue weighted by atomic mass is 10.2. The molecule has 0 bridgehead atoms. The molecule has 0 saturated heterocycles. The minimum Gasteiger partial charge on any atom is -0.485 e. The first kappa shape index (κ1) is 14.9. The maximum Gasteiger partial charge on any atom is 0.339 e. The summed E-state index contributed by atoms with van der Waals surface area (Å²) in [6.45, 7) is -0.00843. The van der Waals surface area contributed by atoms with Crippen molar-refractivity contribution in [2.45, 2.75) is 11.5 Å². The molecule has 0 atom stereocenters. The van der Waals surface area contributed by atoms with Gasteiger partial charge in [0.1, 0.15) is 24.2 Å². The lowest BCUT2D eigenvalue weighted by Gasteiger charge is -2.09. The first-order valence-corrected chi connectivity index (χ1v) is 7.19. The monoisotopic (exact) mass is 312 g/mol. The van der Waals surface area contributed by atoms with Gasteiger partial charge in [-0.3, -0.25) is 4.68 Å². The maximum atomic E-state index is 11.2. The van der Waals surface area contributed by atoms with Gasteiger partial charge in [0.2, 0.25) is 10.0 Å². The molecule has 0 amide bonds. The number of aromatic carboxylic acids is 1. The van der Waals surface area contributed by atoms with Gasteiger partial charge in [-0.05, 0) is 18.2 Å². The highest BCUT2D eigenvalue weighted by molar-refractivity contribution is 7.89. The Morgan fingerprint density at radius 3 is 2.71 bits per heavy atom. The Morgan fingerprint density at radius 1 is 1.48 bits per heavy atom. The first-order chi connectivity index (χ1) is 9.79. The van der Waals surface area contributed by atoms with Gasteiger partial charge in [0, 0.05) is 7.05 Å². The molecule has 0 aliphatic heterocycles. The lowest BCUT2D eigenvalue weighted by Crippen LogP contribution is -2.14. The minimum atomic E-state index is -3.99. The summed E-state index contributed by atoms with van der Waals surface area (Å²) in [5, 5.41) is 17.9. The number of hydrogen-bond donors (Lipinski definition) is 2. The van der Waals surface area contributed by atoms with E-state index < -0.39 is 16.0 Å². The van der Waals surface area contributed by atoms with Crippen LogP contribution in [-0.2, 0) is 23.7 Å². The molecular weight excluding hydrogens is 300 g/mol. The normalized spacial score (nSPS) is 11.3. The van der Waals surface area contributed by atoms with Crippen LogP contribution < -0.4 is 9.88 Å². The van der Waals surface area contributed by atoms with E-state index >= 15 is 0 Å². The summed E-state index contributed by atoms with van der Waals surface area (Å²) in [6.07, 6.45) is 1.33. The molecule has 1 aromatic heterocycles. The standard InChI is InChI=1S/C11H12N4O5S/c1-15-10(13-6-14-15)5-20-9-3-2-7(21(12,18)19)4-8(9)11(16)17/h2-4,6H,5H2,1H3,(H,16,17)(H2,12,18,19). The molecular formula is C11H12N4O5S. The molecule has 0 unspecified atom stereocenters. The molecule has 1 aromatic carbocycles. The van der Waals surface area contributed by atoms with Gasteiger partial charge in [-0.25, -0.2) is 23.3 Å². The fourth-order valence-corrected chi connectivity index (χ4v) is 2.11. The number of aromatic nitrogens is 3. The van der Waals surface area contributed by atoms with Crippen molar-refractivity contribution in [2.24, 2.45) is 12.2 Å². The smallest absolute Gasteiger partial charge is 0.339 e. The van der Waals surface area contributed by atoms with Crippen molar-refractivity contribution in [1.82, 2.24) is 14.8 Å². The molecule has 0 aliphatic rings. The highest BCUT2D eigenvalue weighted by Crippen LogP contribution is 2.23. The molecule has 0 aliphatic carbocycles. The lowest BCUT2D eigenvalue weighted by molar-refractivity contribution is 0.0691. The molecule has 3 N–H and O–H groups in total. The zero-order valence-corrected chi connectivity index (χ0v) is 11.7. The van der Waals surface area contributed by atoms with Gasteiger partial charge in [-0.2, -0.15) is 5.10 Å². The Kier molecular flexibility index (Phi) is 3.91. The average molecular weight is 312 g/mol. The summed E-state index contributed by atoms with van der Waals surface area (Å²) in [7, 11) is -2.33. The van der Waals surface area contributed by atoms with Crippen LogP contribution in [0, 0.1) is 0 Å². The van der Waals surface area contributed by atoms with Crippen LogP contribution in [0.1, 0.15) is 16.2 Å².